The summed E-state index contributed by atoms with van der Waals surface area (Å²) >= 11 is 3.45. The minimum Gasteiger partial charge on any atom is -0.347 e. The molecule has 18 heavy (non-hydrogen) atoms. The third-order valence-corrected chi connectivity index (χ3v) is 3.96. The average molecular weight is 315 g/mol. The Labute approximate surface area is 115 Å². The molecule has 0 unspecified atom stereocenters. The van der Waals surface area contributed by atoms with Gasteiger partial charge in [-0.15, -0.1) is 0 Å². The molecular weight excluding hydrogens is 296 g/mol. The minimum absolute atomic E-state index is 0.112. The lowest BCUT2D eigenvalue weighted by molar-refractivity contribution is 0.0925. The Balaban J connectivity index is 2.04. The third kappa shape index (κ3) is 2.92. The van der Waals surface area contributed by atoms with E-state index >= 15 is 0 Å². The van der Waals surface area contributed by atoms with Crippen LogP contribution < -0.4 is 10.6 Å². The van der Waals surface area contributed by atoms with Crippen molar-refractivity contribution in [2.75, 3.05) is 13.1 Å². The summed E-state index contributed by atoms with van der Waals surface area (Å²) in [5.41, 5.74) is 1.41. The summed E-state index contributed by atoms with van der Waals surface area (Å²) in [7, 11) is 0. The zero-order valence-corrected chi connectivity index (χ0v) is 12.3. The number of nitrogens with one attached hydrogen (secondary N) is 3. The Morgan fingerprint density at radius 1 is 1.56 bits per heavy atom. The predicted molar refractivity (Wildman–Crippen MR) is 73.7 cm³/mol. The highest BCUT2D eigenvalue weighted by atomic mass is 79.9. The van der Waals surface area contributed by atoms with E-state index in [4.69, 9.17) is 0 Å². The SMILES string of the molecule is CC(C)c1[nH]nc(C(=O)N[C@H]2CCCNC2)c1Br. The van der Waals surface area contributed by atoms with Crippen LogP contribution in [0.15, 0.2) is 4.47 Å². The maximum Gasteiger partial charge on any atom is 0.273 e. The zero-order valence-electron chi connectivity index (χ0n) is 10.7. The van der Waals surface area contributed by atoms with Crippen molar-refractivity contribution in [3.8, 4) is 0 Å². The largest absolute Gasteiger partial charge is 0.347 e. The Bertz CT molecular complexity index is 424. The fraction of sp³-hybridized carbons (Fsp3) is 0.667. The van der Waals surface area contributed by atoms with Gasteiger partial charge in [-0.1, -0.05) is 13.8 Å². The molecule has 1 amide bonds. The molecule has 0 radical (unpaired) electrons. The van der Waals surface area contributed by atoms with Crippen molar-refractivity contribution in [3.63, 3.8) is 0 Å². The Morgan fingerprint density at radius 3 is 2.89 bits per heavy atom. The molecule has 6 heteroatoms. The van der Waals surface area contributed by atoms with Crippen LogP contribution in [0.3, 0.4) is 0 Å². The van der Waals surface area contributed by atoms with Crippen LogP contribution in [0.4, 0.5) is 0 Å². The second kappa shape index (κ2) is 5.84. The van der Waals surface area contributed by atoms with Crippen molar-refractivity contribution in [2.45, 2.75) is 38.6 Å². The molecule has 0 bridgehead atoms. The second-order valence-electron chi connectivity index (χ2n) is 4.97. The quantitative estimate of drug-likeness (QED) is 0.796. The highest BCUT2D eigenvalue weighted by molar-refractivity contribution is 9.10. The van der Waals surface area contributed by atoms with Crippen LogP contribution in [0, 0.1) is 0 Å². The molecule has 1 aromatic heterocycles. The fourth-order valence-electron chi connectivity index (χ4n) is 2.10. The summed E-state index contributed by atoms with van der Waals surface area (Å²) in [4.78, 5) is 12.1. The molecule has 0 aromatic carbocycles. The van der Waals surface area contributed by atoms with Gasteiger partial charge in [-0.2, -0.15) is 5.10 Å². The normalized spacial score (nSPS) is 20.1. The number of H-pyrrole nitrogens is 1. The molecule has 100 valence electrons. The molecule has 1 atom stereocenters. The smallest absolute Gasteiger partial charge is 0.273 e. The van der Waals surface area contributed by atoms with Gasteiger partial charge in [0.2, 0.25) is 0 Å². The van der Waals surface area contributed by atoms with Gasteiger partial charge in [0.25, 0.3) is 5.91 Å². The topological polar surface area (TPSA) is 69.8 Å². The molecule has 1 fully saturated rings. The summed E-state index contributed by atoms with van der Waals surface area (Å²) in [5, 5.41) is 13.3. The van der Waals surface area contributed by atoms with Crippen LogP contribution in [-0.4, -0.2) is 35.2 Å². The maximum atomic E-state index is 12.1. The first-order chi connectivity index (χ1) is 8.59. The molecule has 5 nitrogen and oxygen atoms in total. The molecule has 0 saturated carbocycles. The van der Waals surface area contributed by atoms with Gasteiger partial charge in [-0.25, -0.2) is 0 Å². The van der Waals surface area contributed by atoms with Gasteiger partial charge < -0.3 is 10.6 Å². The van der Waals surface area contributed by atoms with Crippen LogP contribution in [-0.2, 0) is 0 Å². The average Bonchev–Trinajstić information content (AvgIpc) is 2.72. The van der Waals surface area contributed by atoms with Crippen LogP contribution >= 0.6 is 15.9 Å². The number of hydrogen-bond acceptors (Lipinski definition) is 3. The van der Waals surface area contributed by atoms with Gasteiger partial charge in [-0.3, -0.25) is 9.89 Å². The van der Waals surface area contributed by atoms with E-state index < -0.39 is 0 Å². The van der Waals surface area contributed by atoms with Gasteiger partial charge in [0.1, 0.15) is 0 Å². The van der Waals surface area contributed by atoms with E-state index in [1.54, 1.807) is 0 Å². The first-order valence-corrected chi connectivity index (χ1v) is 7.14. The number of carbonyl (C=O) groups is 1. The first-order valence-electron chi connectivity index (χ1n) is 6.35. The van der Waals surface area contributed by atoms with Gasteiger partial charge in [-0.05, 0) is 41.2 Å². The van der Waals surface area contributed by atoms with E-state index in [0.29, 0.717) is 11.6 Å². The second-order valence-corrected chi connectivity index (χ2v) is 5.76. The van der Waals surface area contributed by atoms with E-state index in [9.17, 15) is 4.79 Å². The Kier molecular flexibility index (Phi) is 4.40. The monoisotopic (exact) mass is 314 g/mol. The van der Waals surface area contributed by atoms with Crippen molar-refractivity contribution in [2.24, 2.45) is 0 Å². The van der Waals surface area contributed by atoms with Crippen molar-refractivity contribution in [1.82, 2.24) is 20.8 Å². The standard InChI is InChI=1S/C12H19BrN4O/c1-7(2)10-9(13)11(17-16-10)12(18)15-8-4-3-5-14-6-8/h7-8,14H,3-6H2,1-2H3,(H,15,18)(H,16,17)/t8-/m0/s1. The number of halogens is 1. The highest BCUT2D eigenvalue weighted by Crippen LogP contribution is 2.25. The fourth-order valence-corrected chi connectivity index (χ4v) is 2.92. The highest BCUT2D eigenvalue weighted by Gasteiger charge is 2.22. The first kappa shape index (κ1) is 13.5. The molecule has 1 saturated heterocycles. The number of carbonyl (C=O) groups excluding carboxylic acids is 1. The van der Waals surface area contributed by atoms with Crippen LogP contribution in [0.1, 0.15) is 48.8 Å². The van der Waals surface area contributed by atoms with Crippen LogP contribution in [0.2, 0.25) is 0 Å². The maximum absolute atomic E-state index is 12.1. The number of rotatable bonds is 3. The summed E-state index contributed by atoms with van der Waals surface area (Å²) < 4.78 is 0.777. The van der Waals surface area contributed by atoms with Crippen molar-refractivity contribution in [3.05, 3.63) is 15.9 Å². The third-order valence-electron chi connectivity index (χ3n) is 3.16. The molecule has 0 aliphatic carbocycles. The lowest BCUT2D eigenvalue weighted by atomic mass is 10.1. The molecule has 1 aliphatic rings. The number of nitrogens with zero attached hydrogens (tertiary/aromatic N) is 1. The van der Waals surface area contributed by atoms with E-state index in [0.717, 1.165) is 36.1 Å². The summed E-state index contributed by atoms with van der Waals surface area (Å²) in [6, 6.07) is 0.206. The summed E-state index contributed by atoms with van der Waals surface area (Å²) in [6.07, 6.45) is 2.13. The van der Waals surface area contributed by atoms with Crippen molar-refractivity contribution >= 4 is 21.8 Å². The number of piperidine rings is 1. The summed E-state index contributed by atoms with van der Waals surface area (Å²) in [6.45, 7) is 6.00. The lowest BCUT2D eigenvalue weighted by Crippen LogP contribution is -2.45. The van der Waals surface area contributed by atoms with Crippen LogP contribution in [0.25, 0.3) is 0 Å². The number of hydrogen-bond donors (Lipinski definition) is 3. The number of aromatic nitrogens is 2. The molecule has 1 aromatic rings. The number of aromatic amines is 1. The lowest BCUT2D eigenvalue weighted by Gasteiger charge is -2.23. The zero-order chi connectivity index (χ0) is 13.1. The molecule has 1 aliphatic heterocycles. The molecular formula is C12H19BrN4O. The van der Waals surface area contributed by atoms with Gasteiger partial charge in [0, 0.05) is 12.6 Å². The van der Waals surface area contributed by atoms with Crippen LogP contribution in [0.5, 0.6) is 0 Å². The van der Waals surface area contributed by atoms with Crippen molar-refractivity contribution < 1.29 is 4.79 Å². The molecule has 2 rings (SSSR count). The molecule has 3 N–H and O–H groups in total. The number of amides is 1. The predicted octanol–water partition coefficient (Wildman–Crippen LogP) is 1.78. The van der Waals surface area contributed by atoms with E-state index in [1.165, 1.54) is 0 Å². The Morgan fingerprint density at radius 2 is 2.33 bits per heavy atom. The van der Waals surface area contributed by atoms with Gasteiger partial charge in [0.15, 0.2) is 5.69 Å². The van der Waals surface area contributed by atoms with Gasteiger partial charge >= 0.3 is 0 Å². The van der Waals surface area contributed by atoms with E-state index in [2.05, 4.69) is 50.6 Å². The Hall–Kier alpha value is -0.880. The molecule has 2 heterocycles. The molecule has 0 spiro atoms. The summed E-state index contributed by atoms with van der Waals surface area (Å²) in [5.74, 6) is 0.198. The van der Waals surface area contributed by atoms with E-state index in [1.807, 2.05) is 0 Å². The van der Waals surface area contributed by atoms with E-state index in [-0.39, 0.29) is 11.9 Å². The minimum atomic E-state index is -0.112. The van der Waals surface area contributed by atoms with Crippen molar-refractivity contribution in [1.29, 1.82) is 0 Å². The van der Waals surface area contributed by atoms with Gasteiger partial charge in [0.05, 0.1) is 10.2 Å².